The monoisotopic (exact) mass is 187 g/mol. The van der Waals surface area contributed by atoms with Gasteiger partial charge in [0.05, 0.1) is 12.5 Å². The molecule has 0 aliphatic heterocycles. The number of nitriles is 1. The summed E-state index contributed by atoms with van der Waals surface area (Å²) in [6, 6.07) is 7.94. The minimum atomic E-state index is 0.164. The number of nitrogens with zero attached hydrogens (tertiary/aromatic N) is 1. The van der Waals surface area contributed by atoms with E-state index in [1.54, 1.807) is 6.92 Å². The van der Waals surface area contributed by atoms with E-state index in [2.05, 4.69) is 6.07 Å². The third-order valence-corrected chi connectivity index (χ3v) is 2.13. The first kappa shape index (κ1) is 10.5. The Hall–Kier alpha value is -1.62. The van der Waals surface area contributed by atoms with Crippen molar-refractivity contribution in [1.82, 2.24) is 0 Å². The zero-order chi connectivity index (χ0) is 10.6. The molecule has 0 spiro atoms. The lowest BCUT2D eigenvalue weighted by Gasteiger charge is -2.04. The molecule has 0 saturated heterocycles. The number of Topliss-reactive ketones (excluding diaryl/α,β-unsaturated/α-hetero) is 1. The van der Waals surface area contributed by atoms with Gasteiger partial charge < -0.3 is 0 Å². The minimum Gasteiger partial charge on any atom is -0.300 e. The largest absolute Gasteiger partial charge is 0.300 e. The third kappa shape index (κ3) is 2.70. The Morgan fingerprint density at radius 1 is 1.50 bits per heavy atom. The van der Waals surface area contributed by atoms with Crippen molar-refractivity contribution in [3.05, 3.63) is 34.9 Å². The van der Waals surface area contributed by atoms with Crippen LogP contribution in [0.5, 0.6) is 0 Å². The third-order valence-electron chi connectivity index (χ3n) is 2.13. The number of carbonyl (C=O) groups is 1. The Kier molecular flexibility index (Phi) is 3.41. The molecular formula is C12H13NO. The molecule has 1 aromatic rings. The van der Waals surface area contributed by atoms with Crippen molar-refractivity contribution in [3.8, 4) is 6.07 Å². The average molecular weight is 187 g/mol. The van der Waals surface area contributed by atoms with E-state index >= 15 is 0 Å². The predicted molar refractivity (Wildman–Crippen MR) is 54.9 cm³/mol. The van der Waals surface area contributed by atoms with Crippen LogP contribution in [-0.2, 0) is 17.6 Å². The van der Waals surface area contributed by atoms with Crippen molar-refractivity contribution < 1.29 is 4.79 Å². The molecule has 0 unspecified atom stereocenters. The molecule has 1 aromatic carbocycles. The number of carbonyl (C=O) groups excluding carboxylic acids is 1. The Labute approximate surface area is 84.2 Å². The van der Waals surface area contributed by atoms with E-state index < -0.39 is 0 Å². The van der Waals surface area contributed by atoms with Crippen molar-refractivity contribution in [2.24, 2.45) is 0 Å². The maximum Gasteiger partial charge on any atom is 0.134 e. The van der Waals surface area contributed by atoms with Gasteiger partial charge in [0.2, 0.25) is 0 Å². The fraction of sp³-hybridized carbons (Fsp3) is 0.333. The molecule has 0 aliphatic carbocycles. The molecule has 0 atom stereocenters. The molecule has 72 valence electrons. The summed E-state index contributed by atoms with van der Waals surface area (Å²) in [6.45, 7) is 3.55. The van der Waals surface area contributed by atoms with Crippen molar-refractivity contribution in [3.63, 3.8) is 0 Å². The molecule has 0 saturated carbocycles. The van der Waals surface area contributed by atoms with E-state index in [4.69, 9.17) is 5.26 Å². The smallest absolute Gasteiger partial charge is 0.134 e. The van der Waals surface area contributed by atoms with Crippen LogP contribution < -0.4 is 0 Å². The maximum absolute atomic E-state index is 10.9. The van der Waals surface area contributed by atoms with Crippen molar-refractivity contribution >= 4 is 5.78 Å². The van der Waals surface area contributed by atoms with Gasteiger partial charge in [-0.3, -0.25) is 4.79 Å². The fourth-order valence-electron chi connectivity index (χ4n) is 1.44. The first-order valence-electron chi connectivity index (χ1n) is 4.58. The van der Waals surface area contributed by atoms with Gasteiger partial charge in [0, 0.05) is 6.42 Å². The average Bonchev–Trinajstić information content (AvgIpc) is 2.09. The van der Waals surface area contributed by atoms with E-state index in [0.29, 0.717) is 12.8 Å². The summed E-state index contributed by atoms with van der Waals surface area (Å²) in [5.74, 6) is 0.164. The second-order valence-corrected chi connectivity index (χ2v) is 3.47. The summed E-state index contributed by atoms with van der Waals surface area (Å²) in [5.41, 5.74) is 3.15. The zero-order valence-electron chi connectivity index (χ0n) is 8.50. The van der Waals surface area contributed by atoms with Crippen LogP contribution in [0.4, 0.5) is 0 Å². The second kappa shape index (κ2) is 4.57. The molecule has 0 aromatic heterocycles. The van der Waals surface area contributed by atoms with E-state index in [-0.39, 0.29) is 5.78 Å². The molecule has 0 radical (unpaired) electrons. The fourth-order valence-corrected chi connectivity index (χ4v) is 1.44. The molecule has 0 aliphatic rings. The van der Waals surface area contributed by atoms with Crippen molar-refractivity contribution in [2.45, 2.75) is 26.7 Å². The van der Waals surface area contributed by atoms with E-state index in [0.717, 1.165) is 16.7 Å². The molecule has 0 fully saturated rings. The first-order chi connectivity index (χ1) is 6.63. The second-order valence-electron chi connectivity index (χ2n) is 3.47. The topological polar surface area (TPSA) is 40.9 Å². The van der Waals surface area contributed by atoms with Crippen molar-refractivity contribution in [2.75, 3.05) is 0 Å². The standard InChI is InChI=1S/C12H13NO/c1-9-7-11(8-10(2)14)3-4-12(9)5-6-13/h3-4,7H,5,8H2,1-2H3. The van der Waals surface area contributed by atoms with Crippen LogP contribution in [0, 0.1) is 18.3 Å². The molecule has 14 heavy (non-hydrogen) atoms. The highest BCUT2D eigenvalue weighted by molar-refractivity contribution is 5.78. The Bertz CT molecular complexity index is 388. The highest BCUT2D eigenvalue weighted by atomic mass is 16.1. The first-order valence-corrected chi connectivity index (χ1v) is 4.58. The molecule has 2 nitrogen and oxygen atoms in total. The van der Waals surface area contributed by atoms with Gasteiger partial charge in [-0.05, 0) is 30.5 Å². The predicted octanol–water partition coefficient (Wildman–Crippen LogP) is 2.19. The Morgan fingerprint density at radius 3 is 2.71 bits per heavy atom. The zero-order valence-corrected chi connectivity index (χ0v) is 8.50. The van der Waals surface area contributed by atoms with Crippen molar-refractivity contribution in [1.29, 1.82) is 5.26 Å². The number of hydrogen-bond acceptors (Lipinski definition) is 2. The summed E-state index contributed by atoms with van der Waals surface area (Å²) < 4.78 is 0. The summed E-state index contributed by atoms with van der Waals surface area (Å²) in [7, 11) is 0. The van der Waals surface area contributed by atoms with Gasteiger partial charge >= 0.3 is 0 Å². The van der Waals surface area contributed by atoms with Gasteiger partial charge in [0.1, 0.15) is 5.78 Å². The van der Waals surface area contributed by atoms with Crippen LogP contribution in [0.25, 0.3) is 0 Å². The maximum atomic E-state index is 10.9. The van der Waals surface area contributed by atoms with Gasteiger partial charge in [-0.15, -0.1) is 0 Å². The number of hydrogen-bond donors (Lipinski definition) is 0. The molecule has 0 amide bonds. The Morgan fingerprint density at radius 2 is 2.21 bits per heavy atom. The summed E-state index contributed by atoms with van der Waals surface area (Å²) in [5, 5.41) is 8.55. The van der Waals surface area contributed by atoms with Crippen LogP contribution in [0.1, 0.15) is 23.6 Å². The van der Waals surface area contributed by atoms with Gasteiger partial charge in [0.25, 0.3) is 0 Å². The SMILES string of the molecule is CC(=O)Cc1ccc(CC#N)c(C)c1. The van der Waals surface area contributed by atoms with E-state index in [9.17, 15) is 4.79 Å². The highest BCUT2D eigenvalue weighted by Crippen LogP contribution is 2.12. The number of benzene rings is 1. The number of ketones is 1. The summed E-state index contributed by atoms with van der Waals surface area (Å²) in [4.78, 5) is 10.9. The van der Waals surface area contributed by atoms with Crippen LogP contribution >= 0.6 is 0 Å². The molecule has 0 bridgehead atoms. The number of rotatable bonds is 3. The normalized spacial score (nSPS) is 9.50. The van der Waals surface area contributed by atoms with Gasteiger partial charge in [-0.25, -0.2) is 0 Å². The lowest BCUT2D eigenvalue weighted by atomic mass is 10.0. The van der Waals surface area contributed by atoms with Crippen LogP contribution in [0.2, 0.25) is 0 Å². The van der Waals surface area contributed by atoms with Gasteiger partial charge in [0.15, 0.2) is 0 Å². The highest BCUT2D eigenvalue weighted by Gasteiger charge is 2.01. The molecular weight excluding hydrogens is 174 g/mol. The molecule has 0 N–H and O–H groups in total. The quantitative estimate of drug-likeness (QED) is 0.727. The molecule has 2 heteroatoms. The molecule has 1 rings (SSSR count). The number of aryl methyl sites for hydroxylation is 1. The summed E-state index contributed by atoms with van der Waals surface area (Å²) in [6.07, 6.45) is 0.917. The van der Waals surface area contributed by atoms with Gasteiger partial charge in [-0.1, -0.05) is 18.2 Å². The van der Waals surface area contributed by atoms with Gasteiger partial charge in [-0.2, -0.15) is 5.26 Å². The summed E-state index contributed by atoms with van der Waals surface area (Å²) >= 11 is 0. The van der Waals surface area contributed by atoms with Crippen LogP contribution in [0.15, 0.2) is 18.2 Å². The minimum absolute atomic E-state index is 0.164. The molecule has 0 heterocycles. The van der Waals surface area contributed by atoms with Crippen LogP contribution in [0.3, 0.4) is 0 Å². The van der Waals surface area contributed by atoms with E-state index in [1.807, 2.05) is 25.1 Å². The lowest BCUT2D eigenvalue weighted by Crippen LogP contribution is -1.98. The lowest BCUT2D eigenvalue weighted by molar-refractivity contribution is -0.116. The van der Waals surface area contributed by atoms with E-state index in [1.165, 1.54) is 0 Å². The Balaban J connectivity index is 2.90. The van der Waals surface area contributed by atoms with Crippen LogP contribution in [-0.4, -0.2) is 5.78 Å².